The molecule has 2 aliphatic heterocycles. The topological polar surface area (TPSA) is 53.6 Å². The predicted molar refractivity (Wildman–Crippen MR) is 138 cm³/mol. The Bertz CT molecular complexity index is 1110. The van der Waals surface area contributed by atoms with Crippen molar-refractivity contribution in [1.82, 2.24) is 19.8 Å². The van der Waals surface area contributed by atoms with Gasteiger partial charge in [-0.3, -0.25) is 0 Å². The van der Waals surface area contributed by atoms with E-state index in [2.05, 4.69) is 46.8 Å². The highest BCUT2D eigenvalue weighted by Gasteiger charge is 2.29. The number of hydrogen-bond acceptors (Lipinski definition) is 5. The van der Waals surface area contributed by atoms with Gasteiger partial charge in [0.25, 0.3) is 0 Å². The van der Waals surface area contributed by atoms with Crippen molar-refractivity contribution in [3.63, 3.8) is 0 Å². The standard InChI is InChI=1S/C28H38N4O2/c1-19(2)31-15-11-23(12-16-31)32-13-9-20(10-14-32)21-5-7-24-25(17-21)30-28(29-24)22-6-8-26(33-3)27(18-22)34-4/h5-8,17-20,23H,9-16H2,1-4H3,(H,29,30). The average molecular weight is 463 g/mol. The van der Waals surface area contributed by atoms with Crippen LogP contribution >= 0.6 is 0 Å². The molecular weight excluding hydrogens is 424 g/mol. The largest absolute Gasteiger partial charge is 0.493 e. The highest BCUT2D eigenvalue weighted by atomic mass is 16.5. The fourth-order valence-corrected chi connectivity index (χ4v) is 5.77. The number of ether oxygens (including phenoxy) is 2. The molecule has 0 atom stereocenters. The summed E-state index contributed by atoms with van der Waals surface area (Å²) in [5.41, 5.74) is 4.53. The summed E-state index contributed by atoms with van der Waals surface area (Å²) in [7, 11) is 3.31. The van der Waals surface area contributed by atoms with Crippen LogP contribution in [0.25, 0.3) is 22.4 Å². The van der Waals surface area contributed by atoms with Crippen molar-refractivity contribution < 1.29 is 9.47 Å². The number of methoxy groups -OCH3 is 2. The van der Waals surface area contributed by atoms with Crippen molar-refractivity contribution in [2.24, 2.45) is 0 Å². The number of fused-ring (bicyclic) bond motifs is 1. The van der Waals surface area contributed by atoms with Crippen LogP contribution in [0.5, 0.6) is 11.5 Å². The van der Waals surface area contributed by atoms with Crippen molar-refractivity contribution in [2.45, 2.75) is 57.5 Å². The lowest BCUT2D eigenvalue weighted by Crippen LogP contribution is -2.48. The van der Waals surface area contributed by atoms with Gasteiger partial charge >= 0.3 is 0 Å². The predicted octanol–water partition coefficient (Wildman–Crippen LogP) is 5.30. The molecule has 6 heteroatoms. The Balaban J connectivity index is 1.25. The SMILES string of the molecule is COc1ccc(-c2nc3ccc(C4CCN(C5CCN(C(C)C)CC5)CC4)cc3[nH]2)cc1OC. The van der Waals surface area contributed by atoms with E-state index in [-0.39, 0.29) is 0 Å². The molecule has 2 fully saturated rings. The first-order chi connectivity index (χ1) is 16.6. The second-order valence-corrected chi connectivity index (χ2v) is 10.1. The van der Waals surface area contributed by atoms with Crippen LogP contribution in [0.3, 0.4) is 0 Å². The van der Waals surface area contributed by atoms with Gasteiger partial charge in [0.1, 0.15) is 5.82 Å². The molecule has 2 aromatic carbocycles. The van der Waals surface area contributed by atoms with Gasteiger partial charge in [0, 0.05) is 17.6 Å². The second-order valence-electron chi connectivity index (χ2n) is 10.1. The van der Waals surface area contributed by atoms with E-state index in [4.69, 9.17) is 14.5 Å². The van der Waals surface area contributed by atoms with Crippen molar-refractivity contribution in [1.29, 1.82) is 0 Å². The van der Waals surface area contributed by atoms with E-state index in [1.807, 2.05) is 18.2 Å². The number of nitrogens with one attached hydrogen (secondary N) is 1. The zero-order chi connectivity index (χ0) is 23.7. The molecule has 0 bridgehead atoms. The number of likely N-dealkylation sites (tertiary alicyclic amines) is 2. The summed E-state index contributed by atoms with van der Waals surface area (Å²) in [6.07, 6.45) is 5.13. The molecule has 0 spiro atoms. The summed E-state index contributed by atoms with van der Waals surface area (Å²) in [5.74, 6) is 2.92. The van der Waals surface area contributed by atoms with Gasteiger partial charge in [0.05, 0.1) is 25.3 Å². The average Bonchev–Trinajstić information content (AvgIpc) is 3.32. The lowest BCUT2D eigenvalue weighted by atomic mass is 9.87. The molecule has 0 radical (unpaired) electrons. The zero-order valence-corrected chi connectivity index (χ0v) is 21.0. The Morgan fingerprint density at radius 2 is 1.62 bits per heavy atom. The third-order valence-corrected chi connectivity index (χ3v) is 7.91. The van der Waals surface area contributed by atoms with Crippen molar-refractivity contribution in [3.8, 4) is 22.9 Å². The number of rotatable bonds is 6. The first kappa shape index (κ1) is 23.2. The number of piperidine rings is 2. The highest BCUT2D eigenvalue weighted by Crippen LogP contribution is 2.34. The molecule has 3 heterocycles. The highest BCUT2D eigenvalue weighted by molar-refractivity contribution is 5.80. The summed E-state index contributed by atoms with van der Waals surface area (Å²) in [6.45, 7) is 9.57. The smallest absolute Gasteiger partial charge is 0.161 e. The minimum Gasteiger partial charge on any atom is -0.493 e. The molecular formula is C28H38N4O2. The Labute approximate surface area is 203 Å². The molecule has 0 unspecified atom stereocenters. The van der Waals surface area contributed by atoms with Crippen LogP contribution in [0.2, 0.25) is 0 Å². The first-order valence-electron chi connectivity index (χ1n) is 12.8. The molecule has 0 aliphatic carbocycles. The van der Waals surface area contributed by atoms with Gasteiger partial charge < -0.3 is 24.3 Å². The minimum absolute atomic E-state index is 0.629. The number of imidazole rings is 1. The third-order valence-electron chi connectivity index (χ3n) is 7.91. The number of benzene rings is 2. The monoisotopic (exact) mass is 462 g/mol. The fourth-order valence-electron chi connectivity index (χ4n) is 5.77. The van der Waals surface area contributed by atoms with E-state index in [0.29, 0.717) is 17.7 Å². The normalized spacial score (nSPS) is 19.2. The molecule has 5 rings (SSSR count). The third kappa shape index (κ3) is 4.66. The van der Waals surface area contributed by atoms with E-state index >= 15 is 0 Å². The van der Waals surface area contributed by atoms with Crippen molar-refractivity contribution >= 4 is 11.0 Å². The van der Waals surface area contributed by atoms with Crippen LogP contribution in [0.15, 0.2) is 36.4 Å². The number of nitrogens with zero attached hydrogens (tertiary/aromatic N) is 3. The molecule has 34 heavy (non-hydrogen) atoms. The second kappa shape index (κ2) is 9.96. The Morgan fingerprint density at radius 1 is 0.882 bits per heavy atom. The van der Waals surface area contributed by atoms with E-state index in [1.54, 1.807) is 14.2 Å². The molecule has 1 aromatic heterocycles. The Kier molecular flexibility index (Phi) is 6.79. The van der Waals surface area contributed by atoms with E-state index in [9.17, 15) is 0 Å². The van der Waals surface area contributed by atoms with Gasteiger partial charge in [-0.05, 0) is 108 Å². The van der Waals surface area contributed by atoms with Crippen LogP contribution in [-0.2, 0) is 0 Å². The summed E-state index contributed by atoms with van der Waals surface area (Å²) in [6, 6.07) is 14.1. The molecule has 2 aliphatic rings. The van der Waals surface area contributed by atoms with Gasteiger partial charge in [-0.25, -0.2) is 4.98 Å². The summed E-state index contributed by atoms with van der Waals surface area (Å²) >= 11 is 0. The Hall–Kier alpha value is -2.57. The minimum atomic E-state index is 0.629. The van der Waals surface area contributed by atoms with Gasteiger partial charge in [-0.2, -0.15) is 0 Å². The van der Waals surface area contributed by atoms with Crippen molar-refractivity contribution in [2.75, 3.05) is 40.4 Å². The number of aromatic nitrogens is 2. The maximum Gasteiger partial charge on any atom is 0.161 e. The van der Waals surface area contributed by atoms with Crippen molar-refractivity contribution in [3.05, 3.63) is 42.0 Å². The van der Waals surface area contributed by atoms with E-state index < -0.39 is 0 Å². The zero-order valence-electron chi connectivity index (χ0n) is 21.0. The quantitative estimate of drug-likeness (QED) is 0.539. The van der Waals surface area contributed by atoms with Gasteiger partial charge in [0.2, 0.25) is 0 Å². The summed E-state index contributed by atoms with van der Waals surface area (Å²) in [4.78, 5) is 13.7. The van der Waals surface area contributed by atoms with Gasteiger partial charge in [0.15, 0.2) is 11.5 Å². The number of hydrogen-bond donors (Lipinski definition) is 1. The van der Waals surface area contributed by atoms with Crippen LogP contribution in [-0.4, -0.2) is 72.3 Å². The fraction of sp³-hybridized carbons (Fsp3) is 0.536. The lowest BCUT2D eigenvalue weighted by molar-refractivity contribution is 0.0753. The van der Waals surface area contributed by atoms with E-state index in [1.165, 1.54) is 57.4 Å². The molecule has 6 nitrogen and oxygen atoms in total. The maximum absolute atomic E-state index is 5.47. The van der Waals surface area contributed by atoms with Crippen LogP contribution in [0.1, 0.15) is 51.0 Å². The van der Waals surface area contributed by atoms with Crippen LogP contribution < -0.4 is 9.47 Å². The van der Waals surface area contributed by atoms with Gasteiger partial charge in [-0.15, -0.1) is 0 Å². The molecule has 1 N–H and O–H groups in total. The molecule has 3 aromatic rings. The first-order valence-corrected chi connectivity index (χ1v) is 12.8. The molecule has 182 valence electrons. The summed E-state index contributed by atoms with van der Waals surface area (Å²) in [5, 5.41) is 0. The number of H-pyrrole nitrogens is 1. The van der Waals surface area contributed by atoms with E-state index in [0.717, 1.165) is 34.2 Å². The molecule has 0 saturated carbocycles. The van der Waals surface area contributed by atoms with Crippen LogP contribution in [0, 0.1) is 0 Å². The maximum atomic E-state index is 5.47. The molecule has 2 saturated heterocycles. The van der Waals surface area contributed by atoms with Crippen LogP contribution in [0.4, 0.5) is 0 Å². The van der Waals surface area contributed by atoms with Gasteiger partial charge in [-0.1, -0.05) is 6.07 Å². The summed E-state index contributed by atoms with van der Waals surface area (Å²) < 4.78 is 10.8. The number of aromatic amines is 1. The Morgan fingerprint density at radius 3 is 2.29 bits per heavy atom. The molecule has 0 amide bonds. The lowest BCUT2D eigenvalue weighted by Gasteiger charge is -2.42.